The first-order chi connectivity index (χ1) is 12.5. The monoisotopic (exact) mass is 378 g/mol. The lowest BCUT2D eigenvalue weighted by atomic mass is 9.80. The van der Waals surface area contributed by atoms with Crippen molar-refractivity contribution in [2.75, 3.05) is 38.7 Å². The molecule has 1 fully saturated rings. The highest BCUT2D eigenvalue weighted by Crippen LogP contribution is 2.31. The summed E-state index contributed by atoms with van der Waals surface area (Å²) in [5, 5.41) is 13.1. The highest BCUT2D eigenvalue weighted by atomic mass is 35.5. The zero-order valence-corrected chi connectivity index (χ0v) is 15.4. The number of rotatable bonds is 5. The molecule has 2 amide bonds. The van der Waals surface area contributed by atoms with Crippen molar-refractivity contribution >= 4 is 23.3 Å². The van der Waals surface area contributed by atoms with Crippen LogP contribution in [-0.2, 0) is 4.74 Å². The Morgan fingerprint density at radius 2 is 2.23 bits per heavy atom. The van der Waals surface area contributed by atoms with Crippen LogP contribution in [0.3, 0.4) is 0 Å². The molecular formula is C18H23ClN4O3. The van der Waals surface area contributed by atoms with Crippen molar-refractivity contribution < 1.29 is 14.6 Å². The maximum Gasteiger partial charge on any atom is 0.321 e. The van der Waals surface area contributed by atoms with Crippen LogP contribution in [0.1, 0.15) is 12.8 Å². The Bertz CT molecular complexity index is 745. The summed E-state index contributed by atoms with van der Waals surface area (Å²) in [6.07, 6.45) is 6.62. The normalized spacial score (nSPS) is 16.3. The molecule has 0 radical (unpaired) electrons. The van der Waals surface area contributed by atoms with E-state index in [1.165, 1.54) is 0 Å². The highest BCUT2D eigenvalue weighted by Gasteiger charge is 2.34. The zero-order valence-electron chi connectivity index (χ0n) is 14.7. The number of imidazole rings is 1. The van der Waals surface area contributed by atoms with E-state index in [1.807, 2.05) is 6.07 Å². The van der Waals surface area contributed by atoms with Gasteiger partial charge in [-0.25, -0.2) is 9.78 Å². The smallest absolute Gasteiger partial charge is 0.321 e. The Morgan fingerprint density at radius 1 is 1.46 bits per heavy atom. The van der Waals surface area contributed by atoms with Crippen molar-refractivity contribution in [1.82, 2.24) is 14.5 Å². The minimum atomic E-state index is -0.298. The second kappa shape index (κ2) is 8.07. The van der Waals surface area contributed by atoms with Gasteiger partial charge >= 0.3 is 6.03 Å². The van der Waals surface area contributed by atoms with Gasteiger partial charge in [0.25, 0.3) is 0 Å². The molecule has 140 valence electrons. The fraction of sp³-hybridized carbons (Fsp3) is 0.444. The van der Waals surface area contributed by atoms with Crippen molar-refractivity contribution in [3.63, 3.8) is 0 Å². The van der Waals surface area contributed by atoms with E-state index in [2.05, 4.69) is 10.3 Å². The van der Waals surface area contributed by atoms with E-state index in [9.17, 15) is 9.90 Å². The SMILES string of the molecule is CN(CC1(CO)CCOCC1)C(=O)Nc1ccc(-n2ccnc2)c(Cl)c1. The number of anilines is 1. The molecule has 26 heavy (non-hydrogen) atoms. The van der Waals surface area contributed by atoms with Crippen molar-refractivity contribution in [1.29, 1.82) is 0 Å². The lowest BCUT2D eigenvalue weighted by Gasteiger charge is -2.38. The maximum atomic E-state index is 12.5. The summed E-state index contributed by atoms with van der Waals surface area (Å²) in [5.41, 5.74) is 1.10. The quantitative estimate of drug-likeness (QED) is 0.838. The van der Waals surface area contributed by atoms with E-state index in [0.717, 1.165) is 18.5 Å². The number of aliphatic hydroxyl groups is 1. The number of hydrogen-bond acceptors (Lipinski definition) is 4. The number of nitrogens with zero attached hydrogens (tertiary/aromatic N) is 3. The maximum absolute atomic E-state index is 12.5. The number of benzene rings is 1. The molecule has 2 N–H and O–H groups in total. The summed E-state index contributed by atoms with van der Waals surface area (Å²) in [4.78, 5) is 18.1. The molecule has 0 unspecified atom stereocenters. The number of hydrogen-bond donors (Lipinski definition) is 2. The number of ether oxygens (including phenoxy) is 1. The zero-order chi connectivity index (χ0) is 18.6. The van der Waals surface area contributed by atoms with Gasteiger partial charge in [0.1, 0.15) is 0 Å². The highest BCUT2D eigenvalue weighted by molar-refractivity contribution is 6.32. The third-order valence-electron chi connectivity index (χ3n) is 4.79. The van der Waals surface area contributed by atoms with Crippen LogP contribution >= 0.6 is 11.6 Å². The summed E-state index contributed by atoms with van der Waals surface area (Å²) in [6, 6.07) is 5.09. The van der Waals surface area contributed by atoms with Gasteiger partial charge in [-0.3, -0.25) is 0 Å². The lowest BCUT2D eigenvalue weighted by molar-refractivity contribution is -0.0255. The van der Waals surface area contributed by atoms with Crippen LogP contribution in [0.4, 0.5) is 10.5 Å². The van der Waals surface area contributed by atoms with E-state index in [-0.39, 0.29) is 18.1 Å². The van der Waals surface area contributed by atoms with Crippen molar-refractivity contribution in [3.05, 3.63) is 41.9 Å². The molecule has 0 atom stereocenters. The number of urea groups is 1. The molecule has 2 heterocycles. The number of aliphatic hydroxyl groups excluding tert-OH is 1. The number of amides is 2. The lowest BCUT2D eigenvalue weighted by Crippen LogP contribution is -2.45. The molecule has 1 aliphatic heterocycles. The Balaban J connectivity index is 1.64. The predicted octanol–water partition coefficient (Wildman–Crippen LogP) is 2.78. The molecule has 1 aromatic carbocycles. The average Bonchev–Trinajstić information content (AvgIpc) is 3.17. The Kier molecular flexibility index (Phi) is 5.80. The van der Waals surface area contributed by atoms with Crippen LogP contribution in [-0.4, -0.2) is 59.0 Å². The Hall–Kier alpha value is -2.09. The largest absolute Gasteiger partial charge is 0.396 e. The fourth-order valence-electron chi connectivity index (χ4n) is 3.16. The van der Waals surface area contributed by atoms with Crippen LogP contribution in [0.15, 0.2) is 36.9 Å². The van der Waals surface area contributed by atoms with E-state index in [4.69, 9.17) is 16.3 Å². The summed E-state index contributed by atoms with van der Waals surface area (Å²) >= 11 is 6.32. The van der Waals surface area contributed by atoms with E-state index in [0.29, 0.717) is 30.5 Å². The van der Waals surface area contributed by atoms with Crippen molar-refractivity contribution in [2.45, 2.75) is 12.8 Å². The number of aromatic nitrogens is 2. The van der Waals surface area contributed by atoms with E-state index in [1.54, 1.807) is 47.4 Å². The third kappa shape index (κ3) is 4.17. The minimum absolute atomic E-state index is 0.0411. The molecule has 2 aromatic rings. The van der Waals surface area contributed by atoms with Crippen LogP contribution in [0.25, 0.3) is 5.69 Å². The third-order valence-corrected chi connectivity index (χ3v) is 5.09. The summed E-state index contributed by atoms with van der Waals surface area (Å²) < 4.78 is 7.17. The van der Waals surface area contributed by atoms with Gasteiger partial charge in [-0.2, -0.15) is 0 Å². The predicted molar refractivity (Wildman–Crippen MR) is 99.8 cm³/mol. The molecule has 3 rings (SSSR count). The van der Waals surface area contributed by atoms with Crippen LogP contribution in [0.5, 0.6) is 0 Å². The molecule has 8 heteroatoms. The molecular weight excluding hydrogens is 356 g/mol. The van der Waals surface area contributed by atoms with Crippen LogP contribution < -0.4 is 5.32 Å². The van der Waals surface area contributed by atoms with Crippen molar-refractivity contribution in [2.24, 2.45) is 5.41 Å². The van der Waals surface area contributed by atoms with Crippen LogP contribution in [0, 0.1) is 5.41 Å². The first kappa shape index (κ1) is 18.7. The molecule has 1 saturated heterocycles. The molecule has 0 spiro atoms. The van der Waals surface area contributed by atoms with Gasteiger partial charge in [0.15, 0.2) is 0 Å². The molecule has 0 bridgehead atoms. The number of carbonyl (C=O) groups excluding carboxylic acids is 1. The first-order valence-electron chi connectivity index (χ1n) is 8.52. The van der Waals surface area contributed by atoms with Gasteiger partial charge in [-0.15, -0.1) is 0 Å². The number of carbonyl (C=O) groups is 1. The first-order valence-corrected chi connectivity index (χ1v) is 8.89. The Morgan fingerprint density at radius 3 is 2.85 bits per heavy atom. The number of halogens is 1. The van der Waals surface area contributed by atoms with E-state index >= 15 is 0 Å². The van der Waals surface area contributed by atoms with Crippen molar-refractivity contribution in [3.8, 4) is 5.69 Å². The summed E-state index contributed by atoms with van der Waals surface area (Å²) in [6.45, 7) is 1.74. The minimum Gasteiger partial charge on any atom is -0.396 e. The van der Waals surface area contributed by atoms with Gasteiger partial charge in [0.2, 0.25) is 0 Å². The second-order valence-electron chi connectivity index (χ2n) is 6.69. The van der Waals surface area contributed by atoms with Gasteiger partial charge in [-0.05, 0) is 31.0 Å². The Labute approximate surface area is 157 Å². The van der Waals surface area contributed by atoms with E-state index < -0.39 is 0 Å². The topological polar surface area (TPSA) is 79.6 Å². The van der Waals surface area contributed by atoms with Crippen LogP contribution in [0.2, 0.25) is 5.02 Å². The fourth-order valence-corrected chi connectivity index (χ4v) is 3.44. The summed E-state index contributed by atoms with van der Waals surface area (Å²) in [7, 11) is 1.73. The van der Waals surface area contributed by atoms with Gasteiger partial charge in [0, 0.05) is 50.3 Å². The molecule has 0 saturated carbocycles. The molecule has 7 nitrogen and oxygen atoms in total. The van der Waals surface area contributed by atoms with Gasteiger partial charge < -0.3 is 24.6 Å². The second-order valence-corrected chi connectivity index (χ2v) is 7.10. The van der Waals surface area contributed by atoms with Gasteiger partial charge in [-0.1, -0.05) is 11.6 Å². The molecule has 1 aliphatic rings. The van der Waals surface area contributed by atoms with Gasteiger partial charge in [0.05, 0.1) is 23.6 Å². The molecule has 1 aromatic heterocycles. The number of nitrogens with one attached hydrogen (secondary N) is 1. The molecule has 0 aliphatic carbocycles. The average molecular weight is 379 g/mol. The summed E-state index contributed by atoms with van der Waals surface area (Å²) in [5.74, 6) is 0. The standard InChI is InChI=1S/C18H23ClN4O3/c1-22(11-18(12-24)4-8-26-9-5-18)17(25)21-14-2-3-16(15(19)10-14)23-7-6-20-13-23/h2-3,6-7,10,13,24H,4-5,8-9,11-12H2,1H3,(H,21,25).